The number of aliphatic hydroxyl groups is 1. The van der Waals surface area contributed by atoms with Crippen LogP contribution in [0.4, 0.5) is 0 Å². The van der Waals surface area contributed by atoms with E-state index in [9.17, 15) is 4.79 Å². The van der Waals surface area contributed by atoms with E-state index >= 15 is 0 Å². The summed E-state index contributed by atoms with van der Waals surface area (Å²) in [6.07, 6.45) is 0.674. The lowest BCUT2D eigenvalue weighted by Crippen LogP contribution is -2.29. The molecule has 1 amide bonds. The molecule has 3 heteroatoms. The van der Waals surface area contributed by atoms with E-state index in [0.29, 0.717) is 13.0 Å². The molecule has 0 aromatic heterocycles. The highest BCUT2D eigenvalue weighted by Crippen LogP contribution is 1.90. The van der Waals surface area contributed by atoms with Crippen LogP contribution in [0, 0.1) is 0 Å². The number of rotatable bonds is 4. The molecule has 0 aliphatic carbocycles. The zero-order chi connectivity index (χ0) is 9.98. The lowest BCUT2D eigenvalue weighted by atomic mass is 10.4. The van der Waals surface area contributed by atoms with Gasteiger partial charge in [0.2, 0.25) is 5.91 Å². The lowest BCUT2D eigenvalue weighted by molar-refractivity contribution is -0.128. The molecular formula is C9H21NO2. The van der Waals surface area contributed by atoms with Crippen molar-refractivity contribution in [2.24, 2.45) is 0 Å². The van der Waals surface area contributed by atoms with E-state index in [1.807, 2.05) is 20.8 Å². The molecule has 1 N–H and O–H groups in total. The Kier molecular flexibility index (Phi) is 12.2. The molecule has 0 bridgehead atoms. The number of aliphatic hydroxyl groups excluding tert-OH is 1. The quantitative estimate of drug-likeness (QED) is 0.699. The molecule has 0 atom stereocenters. The van der Waals surface area contributed by atoms with Gasteiger partial charge in [-0.15, -0.1) is 0 Å². The van der Waals surface area contributed by atoms with Crippen molar-refractivity contribution < 1.29 is 9.90 Å². The molecule has 0 aliphatic rings. The number of carbonyl (C=O) groups is 1. The predicted octanol–water partition coefficient (Wildman–Crippen LogP) is 1.26. The Morgan fingerprint density at radius 1 is 1.42 bits per heavy atom. The fourth-order valence-electron chi connectivity index (χ4n) is 0.800. The smallest absolute Gasteiger partial charge is 0.219 e. The highest BCUT2D eigenvalue weighted by molar-refractivity contribution is 5.73. The topological polar surface area (TPSA) is 40.5 Å². The third-order valence-electron chi connectivity index (χ3n) is 1.41. The third kappa shape index (κ3) is 7.54. The first kappa shape index (κ1) is 14.0. The summed E-state index contributed by atoms with van der Waals surface area (Å²) in [6, 6.07) is 0. The molecule has 74 valence electrons. The fraction of sp³-hybridized carbons (Fsp3) is 0.889. The summed E-state index contributed by atoms with van der Waals surface area (Å²) in [5.74, 6) is 0.0796. The van der Waals surface area contributed by atoms with Crippen molar-refractivity contribution in [3.63, 3.8) is 0 Å². The van der Waals surface area contributed by atoms with Gasteiger partial charge in [-0.25, -0.2) is 0 Å². The average Bonchev–Trinajstić information content (AvgIpc) is 2.09. The monoisotopic (exact) mass is 175 g/mol. The van der Waals surface area contributed by atoms with E-state index in [2.05, 4.69) is 0 Å². The summed E-state index contributed by atoms with van der Waals surface area (Å²) >= 11 is 0. The van der Waals surface area contributed by atoms with Gasteiger partial charge in [0.05, 0.1) is 0 Å². The van der Waals surface area contributed by atoms with Crippen molar-refractivity contribution in [1.82, 2.24) is 4.90 Å². The molecule has 0 saturated heterocycles. The van der Waals surface area contributed by atoms with E-state index < -0.39 is 0 Å². The van der Waals surface area contributed by atoms with Gasteiger partial charge in [-0.05, 0) is 13.3 Å². The van der Waals surface area contributed by atoms with Gasteiger partial charge in [0.1, 0.15) is 0 Å². The van der Waals surface area contributed by atoms with E-state index in [1.54, 1.807) is 11.8 Å². The van der Waals surface area contributed by atoms with Crippen LogP contribution < -0.4 is 0 Å². The summed E-state index contributed by atoms with van der Waals surface area (Å²) in [5.41, 5.74) is 0. The molecule has 0 unspecified atom stereocenters. The molecule has 0 heterocycles. The molecule has 0 spiro atoms. The Hall–Kier alpha value is -0.570. The Morgan fingerprint density at radius 2 is 1.92 bits per heavy atom. The van der Waals surface area contributed by atoms with Crippen molar-refractivity contribution in [2.45, 2.75) is 34.1 Å². The highest BCUT2D eigenvalue weighted by Gasteiger charge is 2.02. The van der Waals surface area contributed by atoms with Gasteiger partial charge in [-0.2, -0.15) is 0 Å². The Labute approximate surface area is 75.4 Å². The summed E-state index contributed by atoms with van der Waals surface area (Å²) < 4.78 is 0. The van der Waals surface area contributed by atoms with Crippen molar-refractivity contribution in [2.75, 3.05) is 19.7 Å². The number of hydrogen-bond acceptors (Lipinski definition) is 2. The lowest BCUT2D eigenvalue weighted by Gasteiger charge is -2.17. The van der Waals surface area contributed by atoms with Crippen molar-refractivity contribution in [1.29, 1.82) is 0 Å². The van der Waals surface area contributed by atoms with Crippen LogP contribution in [0.3, 0.4) is 0 Å². The van der Waals surface area contributed by atoms with Crippen LogP contribution in [0.1, 0.15) is 34.1 Å². The standard InChI is InChI=1S/C7H15NO2.C2H6/c1-3-8(7(2)10)5-4-6-9;1-2/h9H,3-6H2,1-2H3;1-2H3. The molecule has 0 aliphatic heterocycles. The van der Waals surface area contributed by atoms with Crippen LogP contribution in [0.5, 0.6) is 0 Å². The molecule has 0 aromatic rings. The number of amides is 1. The SMILES string of the molecule is CC.CCN(CCCO)C(C)=O. The summed E-state index contributed by atoms with van der Waals surface area (Å²) in [4.78, 5) is 12.4. The van der Waals surface area contributed by atoms with Crippen LogP contribution in [0.2, 0.25) is 0 Å². The Balaban J connectivity index is 0. The maximum absolute atomic E-state index is 10.7. The largest absolute Gasteiger partial charge is 0.396 e. The molecular weight excluding hydrogens is 154 g/mol. The van der Waals surface area contributed by atoms with Gasteiger partial charge in [0.25, 0.3) is 0 Å². The van der Waals surface area contributed by atoms with E-state index in [0.717, 1.165) is 6.54 Å². The van der Waals surface area contributed by atoms with Crippen LogP contribution in [-0.4, -0.2) is 35.6 Å². The van der Waals surface area contributed by atoms with Gasteiger partial charge in [-0.3, -0.25) is 4.79 Å². The van der Waals surface area contributed by atoms with Crippen LogP contribution in [0.15, 0.2) is 0 Å². The van der Waals surface area contributed by atoms with Crippen LogP contribution >= 0.6 is 0 Å². The molecule has 0 aromatic carbocycles. The number of hydrogen-bond donors (Lipinski definition) is 1. The maximum atomic E-state index is 10.7. The zero-order valence-corrected chi connectivity index (χ0v) is 8.63. The van der Waals surface area contributed by atoms with E-state index in [1.165, 1.54) is 0 Å². The van der Waals surface area contributed by atoms with E-state index in [4.69, 9.17) is 5.11 Å². The van der Waals surface area contributed by atoms with Crippen molar-refractivity contribution >= 4 is 5.91 Å². The first-order valence-corrected chi connectivity index (χ1v) is 4.58. The normalized spacial score (nSPS) is 8.42. The second-order valence-electron chi connectivity index (χ2n) is 2.18. The minimum atomic E-state index is 0.0796. The molecule has 12 heavy (non-hydrogen) atoms. The zero-order valence-electron chi connectivity index (χ0n) is 8.63. The van der Waals surface area contributed by atoms with Gasteiger partial charge in [-0.1, -0.05) is 13.8 Å². The average molecular weight is 175 g/mol. The van der Waals surface area contributed by atoms with Crippen molar-refractivity contribution in [3.05, 3.63) is 0 Å². The number of carbonyl (C=O) groups excluding carboxylic acids is 1. The molecule has 0 radical (unpaired) electrons. The minimum Gasteiger partial charge on any atom is -0.396 e. The maximum Gasteiger partial charge on any atom is 0.219 e. The molecule has 0 saturated carbocycles. The van der Waals surface area contributed by atoms with Gasteiger partial charge >= 0.3 is 0 Å². The first-order valence-electron chi connectivity index (χ1n) is 4.58. The second-order valence-corrected chi connectivity index (χ2v) is 2.18. The van der Waals surface area contributed by atoms with Gasteiger partial charge in [0, 0.05) is 26.6 Å². The number of nitrogens with zero attached hydrogens (tertiary/aromatic N) is 1. The van der Waals surface area contributed by atoms with Gasteiger partial charge < -0.3 is 10.0 Å². The second kappa shape index (κ2) is 10.4. The van der Waals surface area contributed by atoms with E-state index in [-0.39, 0.29) is 12.5 Å². The molecule has 3 nitrogen and oxygen atoms in total. The Bertz CT molecular complexity index is 105. The van der Waals surface area contributed by atoms with Gasteiger partial charge in [0.15, 0.2) is 0 Å². The summed E-state index contributed by atoms with van der Waals surface area (Å²) in [6.45, 7) is 9.03. The minimum absolute atomic E-state index is 0.0796. The summed E-state index contributed by atoms with van der Waals surface area (Å²) in [5, 5.41) is 8.45. The third-order valence-corrected chi connectivity index (χ3v) is 1.41. The van der Waals surface area contributed by atoms with Crippen LogP contribution in [-0.2, 0) is 4.79 Å². The van der Waals surface area contributed by atoms with Crippen LogP contribution in [0.25, 0.3) is 0 Å². The first-order chi connectivity index (χ1) is 5.72. The summed E-state index contributed by atoms with van der Waals surface area (Å²) in [7, 11) is 0. The highest BCUT2D eigenvalue weighted by atomic mass is 16.3. The molecule has 0 rings (SSSR count). The Morgan fingerprint density at radius 3 is 2.17 bits per heavy atom. The molecule has 0 fully saturated rings. The fourth-order valence-corrected chi connectivity index (χ4v) is 0.800. The van der Waals surface area contributed by atoms with Crippen molar-refractivity contribution in [3.8, 4) is 0 Å². The predicted molar refractivity (Wildman–Crippen MR) is 51.0 cm³/mol.